The predicted octanol–water partition coefficient (Wildman–Crippen LogP) is 1.59. The molecule has 0 unspecified atom stereocenters. The number of carbonyl (C=O) groups is 2. The molecule has 120 valence electrons. The van der Waals surface area contributed by atoms with Crippen molar-refractivity contribution >= 4 is 11.9 Å². The molecule has 0 saturated carbocycles. The van der Waals surface area contributed by atoms with Gasteiger partial charge < -0.3 is 10.0 Å². The van der Waals surface area contributed by atoms with Crippen LogP contribution in [0, 0.1) is 11.6 Å². The van der Waals surface area contributed by atoms with E-state index < -0.39 is 17.6 Å². The lowest BCUT2D eigenvalue weighted by Crippen LogP contribution is -2.48. The van der Waals surface area contributed by atoms with Crippen LogP contribution in [0.15, 0.2) is 18.2 Å². The van der Waals surface area contributed by atoms with Gasteiger partial charge in [-0.15, -0.1) is 0 Å². The van der Waals surface area contributed by atoms with E-state index in [1.165, 1.54) is 6.07 Å². The molecule has 1 aromatic rings. The van der Waals surface area contributed by atoms with Crippen molar-refractivity contribution in [3.63, 3.8) is 0 Å². The number of halogens is 2. The average molecular weight is 312 g/mol. The third-order valence-corrected chi connectivity index (χ3v) is 3.69. The number of nitrogens with zero attached hydrogens (tertiary/aromatic N) is 2. The minimum atomic E-state index is -1.03. The van der Waals surface area contributed by atoms with Crippen molar-refractivity contribution in [3.8, 4) is 0 Å². The molecule has 7 heteroatoms. The van der Waals surface area contributed by atoms with E-state index in [4.69, 9.17) is 5.11 Å². The van der Waals surface area contributed by atoms with Crippen LogP contribution in [-0.4, -0.2) is 59.5 Å². The molecule has 1 aliphatic heterocycles. The first kappa shape index (κ1) is 16.4. The Balaban J connectivity index is 1.84. The Morgan fingerprint density at radius 1 is 1.09 bits per heavy atom. The standard InChI is InChI=1S/C15H18F2N2O3/c16-12-4-3-11(10-13(12)17)15(22)19-8-6-18(7-9-19)5-1-2-14(20)21/h3-4,10H,1-2,5-9H2,(H,20,21). The molecule has 0 spiro atoms. The van der Waals surface area contributed by atoms with Gasteiger partial charge >= 0.3 is 5.97 Å². The van der Waals surface area contributed by atoms with E-state index in [9.17, 15) is 18.4 Å². The average Bonchev–Trinajstić information content (AvgIpc) is 2.50. The van der Waals surface area contributed by atoms with E-state index in [0.29, 0.717) is 39.1 Å². The first-order valence-electron chi connectivity index (χ1n) is 7.16. The van der Waals surface area contributed by atoms with Gasteiger partial charge in [-0.3, -0.25) is 14.5 Å². The van der Waals surface area contributed by atoms with Gasteiger partial charge in [0.2, 0.25) is 0 Å². The molecule has 5 nitrogen and oxygen atoms in total. The lowest BCUT2D eigenvalue weighted by molar-refractivity contribution is -0.137. The minimum absolute atomic E-state index is 0.133. The second-order valence-corrected chi connectivity index (χ2v) is 5.26. The van der Waals surface area contributed by atoms with Gasteiger partial charge in [0.05, 0.1) is 0 Å². The van der Waals surface area contributed by atoms with Crippen LogP contribution in [0.5, 0.6) is 0 Å². The number of piperazine rings is 1. The molecule has 1 fully saturated rings. The van der Waals surface area contributed by atoms with Crippen molar-refractivity contribution in [2.75, 3.05) is 32.7 Å². The Bertz CT molecular complexity index is 558. The Labute approximate surface area is 127 Å². The zero-order valence-corrected chi connectivity index (χ0v) is 12.1. The molecule has 0 atom stereocenters. The molecule has 1 N–H and O–H groups in total. The molecule has 0 aromatic heterocycles. The lowest BCUT2D eigenvalue weighted by atomic mass is 10.1. The Morgan fingerprint density at radius 2 is 1.77 bits per heavy atom. The number of hydrogen-bond acceptors (Lipinski definition) is 3. The van der Waals surface area contributed by atoms with Crippen LogP contribution in [0.4, 0.5) is 8.78 Å². The van der Waals surface area contributed by atoms with Crippen LogP contribution >= 0.6 is 0 Å². The monoisotopic (exact) mass is 312 g/mol. The van der Waals surface area contributed by atoms with Crippen LogP contribution in [0.25, 0.3) is 0 Å². The fourth-order valence-corrected chi connectivity index (χ4v) is 2.44. The summed E-state index contributed by atoms with van der Waals surface area (Å²) in [6, 6.07) is 3.14. The molecule has 22 heavy (non-hydrogen) atoms. The van der Waals surface area contributed by atoms with Gasteiger partial charge in [-0.2, -0.15) is 0 Å². The Hall–Kier alpha value is -2.02. The number of hydrogen-bond donors (Lipinski definition) is 1. The van der Waals surface area contributed by atoms with Gasteiger partial charge in [-0.05, 0) is 31.2 Å². The molecule has 1 amide bonds. The van der Waals surface area contributed by atoms with E-state index in [1.54, 1.807) is 4.90 Å². The van der Waals surface area contributed by atoms with Crippen LogP contribution in [0.1, 0.15) is 23.2 Å². The lowest BCUT2D eigenvalue weighted by Gasteiger charge is -2.34. The van der Waals surface area contributed by atoms with Crippen molar-refractivity contribution in [2.45, 2.75) is 12.8 Å². The Morgan fingerprint density at radius 3 is 2.36 bits per heavy atom. The third-order valence-electron chi connectivity index (χ3n) is 3.69. The third kappa shape index (κ3) is 4.24. The van der Waals surface area contributed by atoms with Gasteiger partial charge in [0.15, 0.2) is 11.6 Å². The van der Waals surface area contributed by atoms with Gasteiger partial charge in [0.1, 0.15) is 0 Å². The van der Waals surface area contributed by atoms with Crippen LogP contribution in [-0.2, 0) is 4.79 Å². The SMILES string of the molecule is O=C(O)CCCN1CCN(C(=O)c2ccc(F)c(F)c2)CC1. The molecule has 1 aliphatic rings. The second kappa shape index (κ2) is 7.31. The highest BCUT2D eigenvalue weighted by Gasteiger charge is 2.22. The van der Waals surface area contributed by atoms with Gasteiger partial charge in [-0.25, -0.2) is 8.78 Å². The molecule has 0 radical (unpaired) electrons. The summed E-state index contributed by atoms with van der Waals surface area (Å²) < 4.78 is 26.1. The van der Waals surface area contributed by atoms with Crippen molar-refractivity contribution in [1.29, 1.82) is 0 Å². The minimum Gasteiger partial charge on any atom is -0.481 e. The van der Waals surface area contributed by atoms with E-state index in [2.05, 4.69) is 4.90 Å². The first-order chi connectivity index (χ1) is 10.5. The number of aliphatic carboxylic acids is 1. The van der Waals surface area contributed by atoms with Crippen molar-refractivity contribution in [3.05, 3.63) is 35.4 Å². The number of carbonyl (C=O) groups excluding carboxylic acids is 1. The predicted molar refractivity (Wildman–Crippen MR) is 75.6 cm³/mol. The number of carboxylic acids is 1. The summed E-state index contributed by atoms with van der Waals surface area (Å²) >= 11 is 0. The van der Waals surface area contributed by atoms with E-state index in [-0.39, 0.29) is 17.9 Å². The summed E-state index contributed by atoms with van der Waals surface area (Å²) in [5.41, 5.74) is 0.137. The topological polar surface area (TPSA) is 60.9 Å². The van der Waals surface area contributed by atoms with Gasteiger partial charge in [0, 0.05) is 38.2 Å². The number of rotatable bonds is 5. The summed E-state index contributed by atoms with van der Waals surface area (Å²) in [4.78, 5) is 26.4. The zero-order chi connectivity index (χ0) is 16.1. The van der Waals surface area contributed by atoms with E-state index in [1.807, 2.05) is 0 Å². The molecule has 1 aromatic carbocycles. The van der Waals surface area contributed by atoms with Crippen molar-refractivity contribution in [1.82, 2.24) is 9.80 Å². The fraction of sp³-hybridized carbons (Fsp3) is 0.467. The largest absolute Gasteiger partial charge is 0.481 e. The second-order valence-electron chi connectivity index (χ2n) is 5.26. The summed E-state index contributed by atoms with van der Waals surface area (Å²) in [5, 5.41) is 8.60. The van der Waals surface area contributed by atoms with Gasteiger partial charge in [0.25, 0.3) is 5.91 Å². The highest BCUT2D eigenvalue weighted by Crippen LogP contribution is 2.13. The number of carboxylic acid groups (broad SMARTS) is 1. The molecule has 0 bridgehead atoms. The first-order valence-corrected chi connectivity index (χ1v) is 7.16. The quantitative estimate of drug-likeness (QED) is 0.897. The molecular formula is C15H18F2N2O3. The Kier molecular flexibility index (Phi) is 5.43. The number of benzene rings is 1. The smallest absolute Gasteiger partial charge is 0.303 e. The normalized spacial score (nSPS) is 15.8. The fourth-order valence-electron chi connectivity index (χ4n) is 2.44. The molecule has 2 rings (SSSR count). The highest BCUT2D eigenvalue weighted by atomic mass is 19.2. The molecule has 0 aliphatic carbocycles. The summed E-state index contributed by atoms with van der Waals surface area (Å²) in [6.45, 7) is 2.96. The van der Waals surface area contributed by atoms with Gasteiger partial charge in [-0.1, -0.05) is 0 Å². The summed E-state index contributed by atoms with van der Waals surface area (Å²) in [5.74, 6) is -3.13. The van der Waals surface area contributed by atoms with Crippen molar-refractivity contribution < 1.29 is 23.5 Å². The van der Waals surface area contributed by atoms with E-state index in [0.717, 1.165) is 12.1 Å². The van der Waals surface area contributed by atoms with E-state index >= 15 is 0 Å². The maximum atomic E-state index is 13.2. The maximum absolute atomic E-state index is 13.2. The van der Waals surface area contributed by atoms with Crippen molar-refractivity contribution in [2.24, 2.45) is 0 Å². The highest BCUT2D eigenvalue weighted by molar-refractivity contribution is 5.94. The molecular weight excluding hydrogens is 294 g/mol. The summed E-state index contributed by atoms with van der Waals surface area (Å²) in [6.07, 6.45) is 0.709. The molecule has 1 heterocycles. The zero-order valence-electron chi connectivity index (χ0n) is 12.1. The van der Waals surface area contributed by atoms with Crippen LogP contribution in [0.2, 0.25) is 0 Å². The van der Waals surface area contributed by atoms with Crippen LogP contribution in [0.3, 0.4) is 0 Å². The van der Waals surface area contributed by atoms with Crippen LogP contribution < -0.4 is 0 Å². The number of amides is 1. The molecule has 1 saturated heterocycles. The summed E-state index contributed by atoms with van der Waals surface area (Å²) in [7, 11) is 0. The maximum Gasteiger partial charge on any atom is 0.303 e.